The fourth-order valence-electron chi connectivity index (χ4n) is 2.11. The number of rotatable bonds is 8. The monoisotopic (exact) mass is 298 g/mol. The van der Waals surface area contributed by atoms with Crippen molar-refractivity contribution >= 4 is 15.8 Å². The van der Waals surface area contributed by atoms with Crippen molar-refractivity contribution < 1.29 is 18.3 Å². The number of sulfone groups is 1. The van der Waals surface area contributed by atoms with Gasteiger partial charge < -0.3 is 5.11 Å². The maximum atomic E-state index is 11.4. The molecule has 0 aliphatic heterocycles. The standard InChI is InChI=1S/C15H22O4S/c1-3-20(18,19)10-6-9-14(15(16)17)11-13-8-5-4-7-12(13)2/h4-5,7-8,14H,3,6,9-11H2,1-2H3,(H,16,17). The van der Waals surface area contributed by atoms with E-state index in [1.54, 1.807) is 6.92 Å². The minimum atomic E-state index is -3.01. The normalized spacial score (nSPS) is 13.1. The van der Waals surface area contributed by atoms with Crippen LogP contribution in [0.3, 0.4) is 0 Å². The highest BCUT2D eigenvalue weighted by atomic mass is 32.2. The van der Waals surface area contributed by atoms with Crippen LogP contribution < -0.4 is 0 Å². The molecule has 0 bridgehead atoms. The largest absolute Gasteiger partial charge is 0.481 e. The van der Waals surface area contributed by atoms with Gasteiger partial charge in [-0.2, -0.15) is 0 Å². The fraction of sp³-hybridized carbons (Fsp3) is 0.533. The smallest absolute Gasteiger partial charge is 0.306 e. The van der Waals surface area contributed by atoms with E-state index in [4.69, 9.17) is 0 Å². The Labute approximate surface area is 120 Å². The van der Waals surface area contributed by atoms with Crippen LogP contribution >= 0.6 is 0 Å². The van der Waals surface area contributed by atoms with E-state index in [-0.39, 0.29) is 11.5 Å². The molecule has 1 N–H and O–H groups in total. The number of carboxylic acids is 1. The zero-order chi connectivity index (χ0) is 15.2. The Morgan fingerprint density at radius 3 is 2.50 bits per heavy atom. The van der Waals surface area contributed by atoms with Crippen LogP contribution in [0.4, 0.5) is 0 Å². The molecular weight excluding hydrogens is 276 g/mol. The second-order valence-electron chi connectivity index (χ2n) is 5.04. The van der Waals surface area contributed by atoms with E-state index < -0.39 is 21.7 Å². The van der Waals surface area contributed by atoms with Gasteiger partial charge >= 0.3 is 5.97 Å². The molecule has 1 atom stereocenters. The molecule has 0 fully saturated rings. The lowest BCUT2D eigenvalue weighted by Gasteiger charge is -2.14. The molecule has 0 heterocycles. The Morgan fingerprint density at radius 1 is 1.30 bits per heavy atom. The third kappa shape index (κ3) is 5.33. The van der Waals surface area contributed by atoms with Crippen molar-refractivity contribution in [2.45, 2.75) is 33.1 Å². The van der Waals surface area contributed by atoms with Gasteiger partial charge in [-0.3, -0.25) is 4.79 Å². The second-order valence-corrected chi connectivity index (χ2v) is 7.52. The van der Waals surface area contributed by atoms with Crippen LogP contribution in [0.1, 0.15) is 30.9 Å². The van der Waals surface area contributed by atoms with E-state index in [0.717, 1.165) is 11.1 Å². The summed E-state index contributed by atoms with van der Waals surface area (Å²) in [6, 6.07) is 7.69. The fourth-order valence-corrected chi connectivity index (χ4v) is 3.01. The van der Waals surface area contributed by atoms with Crippen LogP contribution in [0.25, 0.3) is 0 Å². The van der Waals surface area contributed by atoms with Gasteiger partial charge in [0.2, 0.25) is 0 Å². The lowest BCUT2D eigenvalue weighted by Crippen LogP contribution is -2.19. The van der Waals surface area contributed by atoms with Crippen molar-refractivity contribution in [2.24, 2.45) is 5.92 Å². The van der Waals surface area contributed by atoms with E-state index >= 15 is 0 Å². The first kappa shape index (κ1) is 16.7. The van der Waals surface area contributed by atoms with Crippen molar-refractivity contribution in [2.75, 3.05) is 11.5 Å². The molecule has 1 aromatic rings. The summed E-state index contributed by atoms with van der Waals surface area (Å²) in [4.78, 5) is 11.3. The Bertz CT molecular complexity index is 549. The first-order chi connectivity index (χ1) is 9.35. The Kier molecular flexibility index (Phi) is 6.20. The Morgan fingerprint density at radius 2 is 1.95 bits per heavy atom. The zero-order valence-corrected chi connectivity index (χ0v) is 12.8. The third-order valence-electron chi connectivity index (χ3n) is 3.52. The molecular formula is C15H22O4S. The molecule has 0 saturated heterocycles. The van der Waals surface area contributed by atoms with Crippen LogP contribution in [-0.2, 0) is 21.1 Å². The number of carboxylic acid groups (broad SMARTS) is 1. The molecule has 0 amide bonds. The number of aliphatic carboxylic acids is 1. The minimum Gasteiger partial charge on any atom is -0.481 e. The molecule has 0 aliphatic rings. The van der Waals surface area contributed by atoms with Crippen molar-refractivity contribution in [3.8, 4) is 0 Å². The van der Waals surface area contributed by atoms with E-state index in [9.17, 15) is 18.3 Å². The number of hydrogen-bond acceptors (Lipinski definition) is 3. The summed E-state index contributed by atoms with van der Waals surface area (Å²) >= 11 is 0. The molecule has 0 aromatic heterocycles. The lowest BCUT2D eigenvalue weighted by molar-refractivity contribution is -0.141. The van der Waals surface area contributed by atoms with Gasteiger partial charge in [0, 0.05) is 5.75 Å². The van der Waals surface area contributed by atoms with E-state index in [0.29, 0.717) is 19.3 Å². The van der Waals surface area contributed by atoms with Crippen LogP contribution in [0.5, 0.6) is 0 Å². The molecule has 0 spiro atoms. The highest BCUT2D eigenvalue weighted by Crippen LogP contribution is 2.18. The van der Waals surface area contributed by atoms with Crippen molar-refractivity contribution in [3.63, 3.8) is 0 Å². The quantitative estimate of drug-likeness (QED) is 0.800. The van der Waals surface area contributed by atoms with Gasteiger partial charge in [0.1, 0.15) is 9.84 Å². The van der Waals surface area contributed by atoms with E-state index in [1.807, 2.05) is 31.2 Å². The molecule has 1 unspecified atom stereocenters. The molecule has 4 nitrogen and oxygen atoms in total. The number of aryl methyl sites for hydroxylation is 1. The molecule has 0 saturated carbocycles. The van der Waals surface area contributed by atoms with Crippen LogP contribution in [-0.4, -0.2) is 31.0 Å². The van der Waals surface area contributed by atoms with Gasteiger partial charge in [-0.25, -0.2) is 8.42 Å². The maximum absolute atomic E-state index is 11.4. The Balaban J connectivity index is 2.63. The molecule has 5 heteroatoms. The summed E-state index contributed by atoms with van der Waals surface area (Å²) < 4.78 is 22.8. The molecule has 1 aromatic carbocycles. The van der Waals surface area contributed by atoms with Crippen LogP contribution in [0, 0.1) is 12.8 Å². The van der Waals surface area contributed by atoms with Crippen molar-refractivity contribution in [3.05, 3.63) is 35.4 Å². The summed E-state index contributed by atoms with van der Waals surface area (Å²) in [5.74, 6) is -1.20. The summed E-state index contributed by atoms with van der Waals surface area (Å²) in [5.41, 5.74) is 2.08. The average Bonchev–Trinajstić information content (AvgIpc) is 2.39. The zero-order valence-electron chi connectivity index (χ0n) is 12.0. The summed E-state index contributed by atoms with van der Waals surface area (Å²) in [6.07, 6.45) is 1.25. The summed E-state index contributed by atoms with van der Waals surface area (Å²) in [5, 5.41) is 9.26. The predicted molar refractivity (Wildman–Crippen MR) is 79.6 cm³/mol. The molecule has 1 rings (SSSR count). The minimum absolute atomic E-state index is 0.0705. The van der Waals surface area contributed by atoms with E-state index in [2.05, 4.69) is 0 Å². The van der Waals surface area contributed by atoms with Gasteiger partial charge in [0.25, 0.3) is 0 Å². The average molecular weight is 298 g/mol. The lowest BCUT2D eigenvalue weighted by atomic mass is 9.93. The van der Waals surface area contributed by atoms with Gasteiger partial charge in [0.15, 0.2) is 0 Å². The summed E-state index contributed by atoms with van der Waals surface area (Å²) in [6.45, 7) is 3.56. The van der Waals surface area contributed by atoms with Crippen molar-refractivity contribution in [1.29, 1.82) is 0 Å². The van der Waals surface area contributed by atoms with Gasteiger partial charge in [-0.05, 0) is 37.3 Å². The highest BCUT2D eigenvalue weighted by Gasteiger charge is 2.19. The SMILES string of the molecule is CCS(=O)(=O)CCCC(Cc1ccccc1C)C(=O)O. The van der Waals surface area contributed by atoms with Crippen LogP contribution in [0.15, 0.2) is 24.3 Å². The highest BCUT2D eigenvalue weighted by molar-refractivity contribution is 7.91. The number of benzene rings is 1. The third-order valence-corrected chi connectivity index (χ3v) is 5.31. The van der Waals surface area contributed by atoms with Crippen molar-refractivity contribution in [1.82, 2.24) is 0 Å². The molecule has 20 heavy (non-hydrogen) atoms. The van der Waals surface area contributed by atoms with Gasteiger partial charge in [0.05, 0.1) is 11.7 Å². The Hall–Kier alpha value is -1.36. The molecule has 112 valence electrons. The number of carbonyl (C=O) groups is 1. The molecule has 0 aliphatic carbocycles. The van der Waals surface area contributed by atoms with Gasteiger partial charge in [-0.1, -0.05) is 31.2 Å². The predicted octanol–water partition coefficient (Wildman–Crippen LogP) is 2.45. The second kappa shape index (κ2) is 7.43. The number of hydrogen-bond donors (Lipinski definition) is 1. The summed E-state index contributed by atoms with van der Waals surface area (Å²) in [7, 11) is -3.01. The van der Waals surface area contributed by atoms with Crippen LogP contribution in [0.2, 0.25) is 0 Å². The first-order valence-corrected chi connectivity index (χ1v) is 8.65. The molecule has 0 radical (unpaired) electrons. The first-order valence-electron chi connectivity index (χ1n) is 6.83. The van der Waals surface area contributed by atoms with E-state index in [1.165, 1.54) is 0 Å². The van der Waals surface area contributed by atoms with Gasteiger partial charge in [-0.15, -0.1) is 0 Å². The maximum Gasteiger partial charge on any atom is 0.306 e. The topological polar surface area (TPSA) is 71.4 Å².